The number of halogens is 1. The van der Waals surface area contributed by atoms with Gasteiger partial charge < -0.3 is 10.6 Å². The van der Waals surface area contributed by atoms with Crippen molar-refractivity contribution in [3.8, 4) is 0 Å². The molecule has 0 atom stereocenters. The zero-order valence-electron chi connectivity index (χ0n) is 11.8. The summed E-state index contributed by atoms with van der Waals surface area (Å²) in [4.78, 5) is 22.3. The number of nitrogens with one attached hydrogen (secondary N) is 2. The molecule has 6 nitrogen and oxygen atoms in total. The van der Waals surface area contributed by atoms with Crippen LogP contribution in [0.15, 0.2) is 46.9 Å². The zero-order valence-corrected chi connectivity index (χ0v) is 13.4. The number of rotatable bonds is 5. The van der Waals surface area contributed by atoms with Crippen LogP contribution >= 0.6 is 15.9 Å². The van der Waals surface area contributed by atoms with Gasteiger partial charge in [0.05, 0.1) is 11.5 Å². The van der Waals surface area contributed by atoms with Gasteiger partial charge in [-0.15, -0.1) is 0 Å². The molecule has 0 aromatic heterocycles. The van der Waals surface area contributed by atoms with Crippen LogP contribution < -0.4 is 10.6 Å². The number of hydrogen-bond acceptors (Lipinski definition) is 4. The maximum Gasteiger partial charge on any atom is 0.274 e. The van der Waals surface area contributed by atoms with E-state index < -0.39 is 4.92 Å². The number of hydrogen-bond donors (Lipinski definition) is 2. The molecular formula is C15H14BrN3O3. The van der Waals surface area contributed by atoms with Crippen LogP contribution in [0.4, 0.5) is 17.1 Å². The van der Waals surface area contributed by atoms with Crippen molar-refractivity contribution in [2.75, 3.05) is 17.2 Å². The van der Waals surface area contributed by atoms with E-state index in [1.54, 1.807) is 19.1 Å². The molecular weight excluding hydrogens is 350 g/mol. The number of aryl methyl sites for hydroxylation is 1. The lowest BCUT2D eigenvalue weighted by atomic mass is 10.2. The van der Waals surface area contributed by atoms with Crippen LogP contribution in [-0.2, 0) is 4.79 Å². The number of amides is 1. The Balaban J connectivity index is 1.97. The van der Waals surface area contributed by atoms with E-state index in [0.717, 1.165) is 10.2 Å². The standard InChI is InChI=1S/C15H14BrN3O3/c1-10-5-6-13(8-14(10)19(21)22)18-15(20)9-17-12-4-2-3-11(16)7-12/h2-8,17H,9H2,1H3,(H,18,20). The Morgan fingerprint density at radius 2 is 2.00 bits per heavy atom. The summed E-state index contributed by atoms with van der Waals surface area (Å²) in [5, 5.41) is 16.5. The molecule has 0 saturated heterocycles. The Bertz CT molecular complexity index is 719. The van der Waals surface area contributed by atoms with Gasteiger partial charge >= 0.3 is 0 Å². The van der Waals surface area contributed by atoms with E-state index in [9.17, 15) is 14.9 Å². The predicted molar refractivity (Wildman–Crippen MR) is 89.1 cm³/mol. The first-order valence-corrected chi connectivity index (χ1v) is 7.29. The minimum absolute atomic E-state index is 0.0160. The van der Waals surface area contributed by atoms with E-state index in [1.807, 2.05) is 24.3 Å². The van der Waals surface area contributed by atoms with Crippen molar-refractivity contribution < 1.29 is 9.72 Å². The molecule has 114 valence electrons. The van der Waals surface area contributed by atoms with Gasteiger partial charge in [0.2, 0.25) is 5.91 Å². The number of anilines is 2. The molecule has 2 rings (SSSR count). The summed E-state index contributed by atoms with van der Waals surface area (Å²) >= 11 is 3.35. The molecule has 2 aromatic carbocycles. The Hall–Kier alpha value is -2.41. The van der Waals surface area contributed by atoms with Crippen molar-refractivity contribution in [3.05, 3.63) is 62.6 Å². The van der Waals surface area contributed by atoms with Crippen molar-refractivity contribution in [1.29, 1.82) is 0 Å². The molecule has 7 heteroatoms. The lowest BCUT2D eigenvalue weighted by Crippen LogP contribution is -2.21. The van der Waals surface area contributed by atoms with E-state index in [4.69, 9.17) is 0 Å². The normalized spacial score (nSPS) is 10.1. The summed E-state index contributed by atoms with van der Waals surface area (Å²) < 4.78 is 0.909. The van der Waals surface area contributed by atoms with Gasteiger partial charge in [-0.05, 0) is 31.2 Å². The number of nitrogens with zero attached hydrogens (tertiary/aromatic N) is 1. The van der Waals surface area contributed by atoms with Gasteiger partial charge in [0.25, 0.3) is 5.69 Å². The Morgan fingerprint density at radius 1 is 1.23 bits per heavy atom. The summed E-state index contributed by atoms with van der Waals surface area (Å²) in [6.45, 7) is 1.72. The van der Waals surface area contributed by atoms with Gasteiger partial charge in [0.15, 0.2) is 0 Å². The highest BCUT2D eigenvalue weighted by Gasteiger charge is 2.12. The number of benzene rings is 2. The molecule has 0 saturated carbocycles. The number of carbonyl (C=O) groups is 1. The zero-order chi connectivity index (χ0) is 16.1. The number of nitro benzene ring substituents is 1. The van der Waals surface area contributed by atoms with Gasteiger partial charge in [-0.2, -0.15) is 0 Å². The minimum Gasteiger partial charge on any atom is -0.376 e. The molecule has 22 heavy (non-hydrogen) atoms. The molecule has 0 bridgehead atoms. The molecule has 0 aliphatic heterocycles. The van der Waals surface area contributed by atoms with E-state index in [2.05, 4.69) is 26.6 Å². The molecule has 0 aliphatic rings. The second kappa shape index (κ2) is 7.04. The van der Waals surface area contributed by atoms with Crippen LogP contribution in [0.3, 0.4) is 0 Å². The molecule has 0 spiro atoms. The summed E-state index contributed by atoms with van der Waals surface area (Å²) in [6, 6.07) is 12.0. The average molecular weight is 364 g/mol. The average Bonchev–Trinajstić information content (AvgIpc) is 2.47. The molecule has 0 radical (unpaired) electrons. The van der Waals surface area contributed by atoms with E-state index >= 15 is 0 Å². The van der Waals surface area contributed by atoms with E-state index in [1.165, 1.54) is 6.07 Å². The van der Waals surface area contributed by atoms with Crippen molar-refractivity contribution in [2.24, 2.45) is 0 Å². The van der Waals surface area contributed by atoms with Crippen molar-refractivity contribution >= 4 is 38.9 Å². The van der Waals surface area contributed by atoms with Gasteiger partial charge in [-0.1, -0.05) is 28.1 Å². The maximum absolute atomic E-state index is 11.9. The summed E-state index contributed by atoms with van der Waals surface area (Å²) in [6.07, 6.45) is 0. The van der Waals surface area contributed by atoms with Crippen LogP contribution in [0, 0.1) is 17.0 Å². The first-order valence-electron chi connectivity index (χ1n) is 6.50. The third-order valence-corrected chi connectivity index (χ3v) is 3.46. The second-order valence-corrected chi connectivity index (χ2v) is 5.59. The molecule has 1 amide bonds. The molecule has 2 aromatic rings. The van der Waals surface area contributed by atoms with Gasteiger partial charge in [0.1, 0.15) is 0 Å². The molecule has 0 unspecified atom stereocenters. The highest BCUT2D eigenvalue weighted by molar-refractivity contribution is 9.10. The molecule has 0 aliphatic carbocycles. The third kappa shape index (κ3) is 4.29. The first-order chi connectivity index (χ1) is 10.5. The fraction of sp³-hybridized carbons (Fsp3) is 0.133. The fourth-order valence-corrected chi connectivity index (χ4v) is 2.27. The monoisotopic (exact) mass is 363 g/mol. The third-order valence-electron chi connectivity index (χ3n) is 2.97. The fourth-order valence-electron chi connectivity index (χ4n) is 1.87. The van der Waals surface area contributed by atoms with Gasteiger partial charge in [-0.25, -0.2) is 0 Å². The maximum atomic E-state index is 11.9. The molecule has 2 N–H and O–H groups in total. The summed E-state index contributed by atoms with van der Waals surface area (Å²) in [7, 11) is 0. The quantitative estimate of drug-likeness (QED) is 0.626. The topological polar surface area (TPSA) is 84.3 Å². The first kappa shape index (κ1) is 16.0. The van der Waals surface area contributed by atoms with Crippen LogP contribution in [0.25, 0.3) is 0 Å². The highest BCUT2D eigenvalue weighted by atomic mass is 79.9. The highest BCUT2D eigenvalue weighted by Crippen LogP contribution is 2.22. The van der Waals surface area contributed by atoms with Crippen molar-refractivity contribution in [1.82, 2.24) is 0 Å². The molecule has 0 heterocycles. The minimum atomic E-state index is -0.468. The number of nitro groups is 1. The summed E-state index contributed by atoms with van der Waals surface area (Å²) in [5.41, 5.74) is 1.74. The van der Waals surface area contributed by atoms with Crippen molar-refractivity contribution in [2.45, 2.75) is 6.92 Å². The molecule has 0 fully saturated rings. The Labute approximate surface area is 135 Å². The van der Waals surface area contributed by atoms with E-state index in [0.29, 0.717) is 11.3 Å². The Morgan fingerprint density at radius 3 is 2.68 bits per heavy atom. The lowest BCUT2D eigenvalue weighted by molar-refractivity contribution is -0.385. The largest absolute Gasteiger partial charge is 0.376 e. The van der Waals surface area contributed by atoms with E-state index in [-0.39, 0.29) is 18.1 Å². The lowest BCUT2D eigenvalue weighted by Gasteiger charge is -2.08. The Kier molecular flexibility index (Phi) is 5.11. The van der Waals surface area contributed by atoms with Gasteiger partial charge in [0, 0.05) is 27.5 Å². The second-order valence-electron chi connectivity index (χ2n) is 4.67. The van der Waals surface area contributed by atoms with Crippen LogP contribution in [0.2, 0.25) is 0 Å². The SMILES string of the molecule is Cc1ccc(NC(=O)CNc2cccc(Br)c2)cc1[N+](=O)[O-]. The summed E-state index contributed by atoms with van der Waals surface area (Å²) in [5.74, 6) is -0.280. The van der Waals surface area contributed by atoms with Crippen LogP contribution in [0.1, 0.15) is 5.56 Å². The van der Waals surface area contributed by atoms with Crippen LogP contribution in [-0.4, -0.2) is 17.4 Å². The number of carbonyl (C=O) groups excluding carboxylic acids is 1. The van der Waals surface area contributed by atoms with Crippen LogP contribution in [0.5, 0.6) is 0 Å². The predicted octanol–water partition coefficient (Wildman–Crippen LogP) is 3.72. The van der Waals surface area contributed by atoms with Crippen molar-refractivity contribution in [3.63, 3.8) is 0 Å². The van der Waals surface area contributed by atoms with Gasteiger partial charge in [-0.3, -0.25) is 14.9 Å². The smallest absolute Gasteiger partial charge is 0.274 e.